The quantitative estimate of drug-likeness (QED) is 0.721. The fraction of sp³-hybridized carbons (Fsp3) is 0.440. The van der Waals surface area contributed by atoms with Gasteiger partial charge in [-0.3, -0.25) is 14.5 Å². The number of rotatable bonds is 7. The van der Waals surface area contributed by atoms with Crippen molar-refractivity contribution in [3.8, 4) is 5.75 Å². The first kappa shape index (κ1) is 22.3. The van der Waals surface area contributed by atoms with Crippen LogP contribution in [0.25, 0.3) is 0 Å². The molecule has 7 nitrogen and oxygen atoms in total. The summed E-state index contributed by atoms with van der Waals surface area (Å²) in [6.45, 7) is 5.91. The number of anilines is 1. The van der Waals surface area contributed by atoms with Gasteiger partial charge in [-0.2, -0.15) is 0 Å². The lowest BCUT2D eigenvalue weighted by atomic mass is 10.0. The van der Waals surface area contributed by atoms with Gasteiger partial charge in [0.25, 0.3) is 0 Å². The maximum absolute atomic E-state index is 13.0. The average Bonchev–Trinajstić information content (AvgIpc) is 3.22. The summed E-state index contributed by atoms with van der Waals surface area (Å²) >= 11 is 0. The molecule has 0 aromatic heterocycles. The van der Waals surface area contributed by atoms with Gasteiger partial charge in [-0.15, -0.1) is 0 Å². The van der Waals surface area contributed by atoms with Crippen LogP contribution in [0, 0.1) is 12.8 Å². The van der Waals surface area contributed by atoms with E-state index in [0.717, 1.165) is 35.7 Å². The van der Waals surface area contributed by atoms with E-state index < -0.39 is 0 Å². The van der Waals surface area contributed by atoms with Gasteiger partial charge in [0.1, 0.15) is 5.75 Å². The van der Waals surface area contributed by atoms with Crippen molar-refractivity contribution in [1.82, 2.24) is 10.2 Å². The van der Waals surface area contributed by atoms with Gasteiger partial charge in [-0.25, -0.2) is 0 Å². The van der Waals surface area contributed by atoms with Gasteiger partial charge in [-0.1, -0.05) is 29.8 Å². The second-order valence-corrected chi connectivity index (χ2v) is 8.42. The normalized spacial score (nSPS) is 20.2. The molecule has 0 radical (unpaired) electrons. The summed E-state index contributed by atoms with van der Waals surface area (Å²) in [5.74, 6) is 0.387. The number of carbonyl (C=O) groups excluding carboxylic acids is 2. The van der Waals surface area contributed by atoms with Crippen molar-refractivity contribution in [2.45, 2.75) is 19.4 Å². The zero-order valence-electron chi connectivity index (χ0n) is 18.8. The van der Waals surface area contributed by atoms with Gasteiger partial charge >= 0.3 is 0 Å². The number of hydrogen-bond acceptors (Lipinski definition) is 5. The van der Waals surface area contributed by atoms with E-state index in [1.807, 2.05) is 55.5 Å². The van der Waals surface area contributed by atoms with Crippen LogP contribution in [0.4, 0.5) is 5.69 Å². The molecule has 2 unspecified atom stereocenters. The van der Waals surface area contributed by atoms with Gasteiger partial charge in [0.05, 0.1) is 32.3 Å². The summed E-state index contributed by atoms with van der Waals surface area (Å²) in [7, 11) is 1.65. The predicted molar refractivity (Wildman–Crippen MR) is 123 cm³/mol. The lowest BCUT2D eigenvalue weighted by Crippen LogP contribution is -2.45. The lowest BCUT2D eigenvalue weighted by molar-refractivity contribution is -0.126. The summed E-state index contributed by atoms with van der Waals surface area (Å²) in [5, 5.41) is 3.12. The van der Waals surface area contributed by atoms with Crippen molar-refractivity contribution in [1.29, 1.82) is 0 Å². The molecule has 2 saturated heterocycles. The molecule has 0 spiro atoms. The molecule has 2 heterocycles. The van der Waals surface area contributed by atoms with Gasteiger partial charge < -0.3 is 19.7 Å². The summed E-state index contributed by atoms with van der Waals surface area (Å²) in [5.41, 5.74) is 3.11. The molecule has 2 aliphatic rings. The summed E-state index contributed by atoms with van der Waals surface area (Å²) in [4.78, 5) is 29.6. The molecule has 1 N–H and O–H groups in total. The van der Waals surface area contributed by atoms with Gasteiger partial charge in [0.15, 0.2) is 0 Å². The minimum Gasteiger partial charge on any atom is -0.497 e. The number of amides is 2. The minimum absolute atomic E-state index is 0.00566. The molecule has 32 heavy (non-hydrogen) atoms. The third-order valence-corrected chi connectivity index (χ3v) is 6.30. The highest BCUT2D eigenvalue weighted by Crippen LogP contribution is 2.27. The number of morpholine rings is 1. The molecular formula is C25H31N3O4. The van der Waals surface area contributed by atoms with E-state index in [2.05, 4.69) is 10.2 Å². The van der Waals surface area contributed by atoms with Crippen LogP contribution in [0.15, 0.2) is 48.5 Å². The first-order valence-electron chi connectivity index (χ1n) is 11.2. The monoisotopic (exact) mass is 437 g/mol. The fourth-order valence-electron chi connectivity index (χ4n) is 4.37. The highest BCUT2D eigenvalue weighted by Gasteiger charge is 2.35. The molecule has 7 heteroatoms. The zero-order valence-corrected chi connectivity index (χ0v) is 18.8. The smallest absolute Gasteiger partial charge is 0.227 e. The van der Waals surface area contributed by atoms with Crippen LogP contribution in [0.2, 0.25) is 0 Å². The number of carbonyl (C=O) groups is 2. The van der Waals surface area contributed by atoms with Crippen molar-refractivity contribution in [2.24, 2.45) is 5.92 Å². The molecule has 2 aromatic rings. The van der Waals surface area contributed by atoms with Crippen LogP contribution < -0.4 is 15.0 Å². The fourth-order valence-corrected chi connectivity index (χ4v) is 4.37. The number of nitrogens with zero attached hydrogens (tertiary/aromatic N) is 2. The summed E-state index contributed by atoms with van der Waals surface area (Å²) in [6.07, 6.45) is 0.241. The molecular weight excluding hydrogens is 406 g/mol. The standard InChI is InChI=1S/C25H31N3O4/c1-18-3-7-21(8-4-18)28-17-20(15-24(28)29)25(30)26-16-23(27-11-13-32-14-12-27)19-5-9-22(31-2)10-6-19/h3-10,20,23H,11-17H2,1-2H3,(H,26,30). The Bertz CT molecular complexity index is 923. The zero-order chi connectivity index (χ0) is 22.5. The molecule has 2 amide bonds. The Morgan fingerprint density at radius 2 is 1.81 bits per heavy atom. The molecule has 170 valence electrons. The number of ether oxygens (including phenoxy) is 2. The Kier molecular flexibility index (Phi) is 7.07. The van der Waals surface area contributed by atoms with Crippen molar-refractivity contribution in [2.75, 3.05) is 51.4 Å². The van der Waals surface area contributed by atoms with E-state index in [1.54, 1.807) is 12.0 Å². The van der Waals surface area contributed by atoms with Crippen LogP contribution in [-0.2, 0) is 14.3 Å². The van der Waals surface area contributed by atoms with E-state index in [-0.39, 0.29) is 30.2 Å². The summed E-state index contributed by atoms with van der Waals surface area (Å²) in [6, 6.07) is 15.9. The topological polar surface area (TPSA) is 71.1 Å². The van der Waals surface area contributed by atoms with E-state index in [0.29, 0.717) is 26.3 Å². The Hall–Kier alpha value is -2.90. The lowest BCUT2D eigenvalue weighted by Gasteiger charge is -2.35. The Morgan fingerprint density at radius 3 is 2.47 bits per heavy atom. The molecule has 0 bridgehead atoms. The molecule has 4 rings (SSSR count). The Balaban J connectivity index is 1.41. The van der Waals surface area contributed by atoms with Gasteiger partial charge in [0.2, 0.25) is 11.8 Å². The highest BCUT2D eigenvalue weighted by atomic mass is 16.5. The predicted octanol–water partition coefficient (Wildman–Crippen LogP) is 2.55. The SMILES string of the molecule is COc1ccc(C(CNC(=O)C2CC(=O)N(c3ccc(C)cc3)C2)N2CCOCC2)cc1. The van der Waals surface area contributed by atoms with E-state index in [4.69, 9.17) is 9.47 Å². The molecule has 2 fully saturated rings. The van der Waals surface area contributed by atoms with E-state index in [9.17, 15) is 9.59 Å². The Labute approximate surface area is 189 Å². The van der Waals surface area contributed by atoms with Gasteiger partial charge in [0, 0.05) is 38.3 Å². The minimum atomic E-state index is -0.343. The first-order chi connectivity index (χ1) is 15.5. The number of hydrogen-bond donors (Lipinski definition) is 1. The number of aryl methyl sites for hydroxylation is 1. The third-order valence-electron chi connectivity index (χ3n) is 6.30. The second kappa shape index (κ2) is 10.1. The number of benzene rings is 2. The average molecular weight is 438 g/mol. The largest absolute Gasteiger partial charge is 0.497 e. The number of methoxy groups -OCH3 is 1. The second-order valence-electron chi connectivity index (χ2n) is 8.42. The maximum atomic E-state index is 13.0. The molecule has 2 atom stereocenters. The summed E-state index contributed by atoms with van der Waals surface area (Å²) < 4.78 is 10.8. The van der Waals surface area contributed by atoms with Crippen LogP contribution in [0.5, 0.6) is 5.75 Å². The maximum Gasteiger partial charge on any atom is 0.227 e. The van der Waals surface area contributed by atoms with Crippen molar-refractivity contribution in [3.63, 3.8) is 0 Å². The van der Waals surface area contributed by atoms with Crippen molar-refractivity contribution < 1.29 is 19.1 Å². The van der Waals surface area contributed by atoms with Crippen LogP contribution in [0.1, 0.15) is 23.6 Å². The van der Waals surface area contributed by atoms with Crippen molar-refractivity contribution >= 4 is 17.5 Å². The van der Waals surface area contributed by atoms with Gasteiger partial charge in [-0.05, 0) is 36.8 Å². The first-order valence-corrected chi connectivity index (χ1v) is 11.2. The van der Waals surface area contributed by atoms with E-state index in [1.165, 1.54) is 0 Å². The van der Waals surface area contributed by atoms with Crippen molar-refractivity contribution in [3.05, 3.63) is 59.7 Å². The number of nitrogens with one attached hydrogen (secondary N) is 1. The Morgan fingerprint density at radius 1 is 1.12 bits per heavy atom. The highest BCUT2D eigenvalue weighted by molar-refractivity contribution is 6.00. The van der Waals surface area contributed by atoms with Crippen LogP contribution >= 0.6 is 0 Å². The molecule has 2 aromatic carbocycles. The van der Waals surface area contributed by atoms with Crippen LogP contribution in [-0.4, -0.2) is 63.2 Å². The van der Waals surface area contributed by atoms with Crippen LogP contribution in [0.3, 0.4) is 0 Å². The van der Waals surface area contributed by atoms with E-state index >= 15 is 0 Å². The molecule has 0 saturated carbocycles. The molecule has 2 aliphatic heterocycles. The third kappa shape index (κ3) is 5.11. The molecule has 0 aliphatic carbocycles.